The largest absolute Gasteiger partial charge is 0.493 e. The predicted molar refractivity (Wildman–Crippen MR) is 86.6 cm³/mol. The number of fused-ring (bicyclic) bond motifs is 1. The van der Waals surface area contributed by atoms with Crippen LogP contribution in [0.3, 0.4) is 0 Å². The van der Waals surface area contributed by atoms with Crippen LogP contribution >= 0.6 is 11.6 Å². The van der Waals surface area contributed by atoms with Crippen molar-refractivity contribution in [3.8, 4) is 5.75 Å². The number of ether oxygens (including phenoxy) is 1. The molecule has 0 bridgehead atoms. The third kappa shape index (κ3) is 3.20. The van der Waals surface area contributed by atoms with E-state index in [1.54, 1.807) is 10.9 Å². The van der Waals surface area contributed by atoms with Crippen molar-refractivity contribution in [3.63, 3.8) is 0 Å². The fraction of sp³-hybridized carbons (Fsp3) is 0.438. The van der Waals surface area contributed by atoms with Crippen LogP contribution in [0.1, 0.15) is 30.0 Å². The maximum absolute atomic E-state index is 8.97. The standard InChI is InChI=1S/C16H20ClN3O2/c1-11-7-12(17)8-14-15(3-2-6-22-16(11)14)19-13-9-18-20(10-13)4-5-21/h7-10,15,19,21H,2-6H2,1H3. The molecule has 0 aliphatic carbocycles. The van der Waals surface area contributed by atoms with Gasteiger partial charge in [0.15, 0.2) is 0 Å². The number of aliphatic hydroxyl groups is 1. The van der Waals surface area contributed by atoms with Crippen molar-refractivity contribution in [1.29, 1.82) is 0 Å². The average Bonchev–Trinajstić information content (AvgIpc) is 2.81. The third-order valence-electron chi connectivity index (χ3n) is 3.83. The molecule has 0 saturated heterocycles. The summed E-state index contributed by atoms with van der Waals surface area (Å²) in [6.07, 6.45) is 5.63. The number of hydrogen-bond donors (Lipinski definition) is 2. The van der Waals surface area contributed by atoms with Crippen molar-refractivity contribution in [2.24, 2.45) is 0 Å². The number of rotatable bonds is 4. The molecule has 6 heteroatoms. The van der Waals surface area contributed by atoms with Gasteiger partial charge in [0.1, 0.15) is 5.75 Å². The van der Waals surface area contributed by atoms with E-state index in [1.807, 2.05) is 25.3 Å². The van der Waals surface area contributed by atoms with Crippen LogP contribution in [0.25, 0.3) is 0 Å². The fourth-order valence-electron chi connectivity index (χ4n) is 2.84. The van der Waals surface area contributed by atoms with E-state index in [0.29, 0.717) is 6.54 Å². The van der Waals surface area contributed by atoms with E-state index >= 15 is 0 Å². The number of aryl methyl sites for hydroxylation is 1. The van der Waals surface area contributed by atoms with Gasteiger partial charge in [0.2, 0.25) is 0 Å². The number of nitrogens with zero attached hydrogens (tertiary/aromatic N) is 2. The van der Waals surface area contributed by atoms with Crippen LogP contribution in [-0.4, -0.2) is 28.1 Å². The van der Waals surface area contributed by atoms with Crippen LogP contribution in [0.2, 0.25) is 5.02 Å². The summed E-state index contributed by atoms with van der Waals surface area (Å²) in [5, 5.41) is 17.4. The van der Waals surface area contributed by atoms with Gasteiger partial charge in [0.05, 0.1) is 37.7 Å². The third-order valence-corrected chi connectivity index (χ3v) is 4.05. The molecule has 1 atom stereocenters. The number of anilines is 1. The number of benzene rings is 1. The lowest BCUT2D eigenvalue weighted by atomic mass is 9.99. The van der Waals surface area contributed by atoms with Gasteiger partial charge in [-0.2, -0.15) is 5.10 Å². The molecular weight excluding hydrogens is 302 g/mol. The molecule has 1 aromatic heterocycles. The first kappa shape index (κ1) is 15.2. The van der Waals surface area contributed by atoms with Crippen molar-refractivity contribution >= 4 is 17.3 Å². The molecule has 0 amide bonds. The van der Waals surface area contributed by atoms with E-state index in [1.165, 1.54) is 0 Å². The second-order valence-corrected chi connectivity index (χ2v) is 5.98. The second-order valence-electron chi connectivity index (χ2n) is 5.54. The van der Waals surface area contributed by atoms with E-state index in [0.717, 1.165) is 47.0 Å². The first-order chi connectivity index (χ1) is 10.7. The molecule has 1 aliphatic rings. The molecule has 0 radical (unpaired) electrons. The first-order valence-electron chi connectivity index (χ1n) is 7.50. The van der Waals surface area contributed by atoms with Gasteiger partial charge in [-0.1, -0.05) is 11.6 Å². The Bertz CT molecular complexity index is 657. The van der Waals surface area contributed by atoms with Crippen LogP contribution in [0.15, 0.2) is 24.5 Å². The molecule has 3 rings (SSSR count). The number of halogens is 1. The predicted octanol–water partition coefficient (Wildman–Crippen LogP) is 3.16. The highest BCUT2D eigenvalue weighted by Crippen LogP contribution is 2.38. The lowest BCUT2D eigenvalue weighted by molar-refractivity contribution is 0.269. The van der Waals surface area contributed by atoms with E-state index < -0.39 is 0 Å². The van der Waals surface area contributed by atoms with Crippen molar-refractivity contribution in [2.45, 2.75) is 32.4 Å². The molecule has 0 fully saturated rings. The van der Waals surface area contributed by atoms with E-state index in [2.05, 4.69) is 10.4 Å². The molecule has 0 saturated carbocycles. The quantitative estimate of drug-likeness (QED) is 0.908. The van der Waals surface area contributed by atoms with Crippen LogP contribution in [0.4, 0.5) is 5.69 Å². The zero-order chi connectivity index (χ0) is 15.5. The summed E-state index contributed by atoms with van der Waals surface area (Å²) < 4.78 is 7.62. The number of hydrogen-bond acceptors (Lipinski definition) is 4. The van der Waals surface area contributed by atoms with E-state index in [9.17, 15) is 0 Å². The Kier molecular flexibility index (Phi) is 4.55. The molecule has 0 spiro atoms. The first-order valence-corrected chi connectivity index (χ1v) is 7.88. The van der Waals surface area contributed by atoms with Gasteiger partial charge in [-0.25, -0.2) is 0 Å². The summed E-state index contributed by atoms with van der Waals surface area (Å²) in [4.78, 5) is 0. The molecule has 118 valence electrons. The summed E-state index contributed by atoms with van der Waals surface area (Å²) in [6, 6.07) is 4.05. The van der Waals surface area contributed by atoms with E-state index in [-0.39, 0.29) is 12.6 Å². The molecular formula is C16H20ClN3O2. The number of nitrogens with one attached hydrogen (secondary N) is 1. The molecule has 5 nitrogen and oxygen atoms in total. The molecule has 1 aliphatic heterocycles. The Morgan fingerprint density at radius 1 is 1.50 bits per heavy atom. The Morgan fingerprint density at radius 2 is 2.36 bits per heavy atom. The number of aliphatic hydroxyl groups excluding tert-OH is 1. The summed E-state index contributed by atoms with van der Waals surface area (Å²) in [6.45, 7) is 3.32. The van der Waals surface area contributed by atoms with Crippen LogP contribution < -0.4 is 10.1 Å². The molecule has 2 heterocycles. The van der Waals surface area contributed by atoms with Crippen LogP contribution in [0.5, 0.6) is 5.75 Å². The monoisotopic (exact) mass is 321 g/mol. The average molecular weight is 322 g/mol. The lowest BCUT2D eigenvalue weighted by Gasteiger charge is -2.20. The zero-order valence-electron chi connectivity index (χ0n) is 12.6. The van der Waals surface area contributed by atoms with Crippen LogP contribution in [-0.2, 0) is 6.54 Å². The zero-order valence-corrected chi connectivity index (χ0v) is 13.3. The number of aromatic nitrogens is 2. The van der Waals surface area contributed by atoms with E-state index in [4.69, 9.17) is 21.4 Å². The Hall–Kier alpha value is -1.72. The Balaban J connectivity index is 1.87. The molecule has 2 aromatic rings. The highest BCUT2D eigenvalue weighted by molar-refractivity contribution is 6.30. The summed E-state index contributed by atoms with van der Waals surface area (Å²) >= 11 is 6.22. The van der Waals surface area contributed by atoms with Crippen molar-refractivity contribution in [2.75, 3.05) is 18.5 Å². The Morgan fingerprint density at radius 3 is 3.18 bits per heavy atom. The minimum atomic E-state index is 0.0794. The van der Waals surface area contributed by atoms with Gasteiger partial charge < -0.3 is 15.2 Å². The summed E-state index contributed by atoms with van der Waals surface area (Å²) in [5.74, 6) is 0.933. The van der Waals surface area contributed by atoms with Crippen LogP contribution in [0, 0.1) is 6.92 Å². The van der Waals surface area contributed by atoms with Gasteiger partial charge in [-0.05, 0) is 37.5 Å². The van der Waals surface area contributed by atoms with Gasteiger partial charge >= 0.3 is 0 Å². The fourth-order valence-corrected chi connectivity index (χ4v) is 3.12. The molecule has 2 N–H and O–H groups in total. The van der Waals surface area contributed by atoms with Crippen molar-refractivity contribution in [1.82, 2.24) is 9.78 Å². The molecule has 1 aromatic carbocycles. The highest BCUT2D eigenvalue weighted by Gasteiger charge is 2.22. The normalized spacial score (nSPS) is 17.5. The minimum Gasteiger partial charge on any atom is -0.493 e. The molecule has 1 unspecified atom stereocenters. The summed E-state index contributed by atoms with van der Waals surface area (Å²) in [7, 11) is 0. The second kappa shape index (κ2) is 6.58. The summed E-state index contributed by atoms with van der Waals surface area (Å²) in [5.41, 5.74) is 3.09. The Labute approximate surface area is 134 Å². The maximum Gasteiger partial charge on any atom is 0.127 e. The van der Waals surface area contributed by atoms with Gasteiger partial charge in [0.25, 0.3) is 0 Å². The van der Waals surface area contributed by atoms with Gasteiger partial charge in [-0.3, -0.25) is 4.68 Å². The molecule has 22 heavy (non-hydrogen) atoms. The smallest absolute Gasteiger partial charge is 0.127 e. The van der Waals surface area contributed by atoms with Gasteiger partial charge in [0, 0.05) is 16.8 Å². The van der Waals surface area contributed by atoms with Crippen molar-refractivity contribution in [3.05, 3.63) is 40.7 Å². The topological polar surface area (TPSA) is 59.3 Å². The SMILES string of the molecule is Cc1cc(Cl)cc2c1OCCCC2Nc1cnn(CCO)c1. The lowest BCUT2D eigenvalue weighted by Crippen LogP contribution is -2.10. The highest BCUT2D eigenvalue weighted by atomic mass is 35.5. The minimum absolute atomic E-state index is 0.0794. The van der Waals surface area contributed by atoms with Gasteiger partial charge in [-0.15, -0.1) is 0 Å². The maximum atomic E-state index is 8.97. The van der Waals surface area contributed by atoms with Crippen molar-refractivity contribution < 1.29 is 9.84 Å².